The lowest BCUT2D eigenvalue weighted by Crippen LogP contribution is -2.28. The Labute approximate surface area is 109 Å². The summed E-state index contributed by atoms with van der Waals surface area (Å²) in [6.45, 7) is 0.484. The highest BCUT2D eigenvalue weighted by molar-refractivity contribution is 6.30. The predicted molar refractivity (Wildman–Crippen MR) is 67.7 cm³/mol. The number of amides is 1. The van der Waals surface area contributed by atoms with Crippen LogP contribution in [0.4, 0.5) is 5.82 Å². The number of hydrogen-bond acceptors (Lipinski definition) is 4. The Hall–Kier alpha value is -2.08. The molecule has 18 heavy (non-hydrogen) atoms. The lowest BCUT2D eigenvalue weighted by Gasteiger charge is -2.04. The number of rotatable bonds is 4. The maximum Gasteiger partial charge on any atom is 0.243 e. The summed E-state index contributed by atoms with van der Waals surface area (Å²) >= 11 is 5.76. The zero-order valence-corrected chi connectivity index (χ0v) is 10.3. The van der Waals surface area contributed by atoms with Crippen molar-refractivity contribution < 1.29 is 4.79 Å². The highest BCUT2D eigenvalue weighted by Crippen LogP contribution is 2.08. The third-order valence-corrected chi connectivity index (χ3v) is 2.49. The molecule has 1 aromatic heterocycles. The predicted octanol–water partition coefficient (Wildman–Crippen LogP) is 0.830. The highest BCUT2D eigenvalue weighted by Gasteiger charge is 2.04. The average Bonchev–Trinajstić information content (AvgIpc) is 2.74. The first-order valence-corrected chi connectivity index (χ1v) is 5.68. The molecule has 3 N–H and O–H groups in total. The summed E-state index contributed by atoms with van der Waals surface area (Å²) in [6, 6.07) is 7.26. The van der Waals surface area contributed by atoms with Crippen LogP contribution in [-0.4, -0.2) is 20.9 Å². The van der Waals surface area contributed by atoms with Crippen LogP contribution in [0, 0.1) is 0 Å². The van der Waals surface area contributed by atoms with Gasteiger partial charge in [0.05, 0.1) is 6.20 Å². The first kappa shape index (κ1) is 12.4. The number of carbonyl (C=O) groups is 1. The normalized spacial score (nSPS) is 10.3. The highest BCUT2D eigenvalue weighted by atomic mass is 35.5. The smallest absolute Gasteiger partial charge is 0.243 e. The molecule has 94 valence electrons. The van der Waals surface area contributed by atoms with Crippen LogP contribution in [-0.2, 0) is 17.9 Å². The van der Waals surface area contributed by atoms with Crippen molar-refractivity contribution >= 4 is 23.3 Å². The first-order chi connectivity index (χ1) is 8.63. The van der Waals surface area contributed by atoms with Crippen molar-refractivity contribution in [2.75, 3.05) is 5.73 Å². The summed E-state index contributed by atoms with van der Waals surface area (Å²) in [5.41, 5.74) is 6.37. The lowest BCUT2D eigenvalue weighted by atomic mass is 10.2. The standard InChI is InChI=1S/C11H12ClN5O/c12-9-3-1-8(2-4-9)5-14-11(18)7-17-15-6-10(13)16-17/h1-4,6H,5,7H2,(H2,13,16)(H,14,18). The second-order valence-electron chi connectivity index (χ2n) is 3.70. The van der Waals surface area contributed by atoms with Gasteiger partial charge in [-0.25, -0.2) is 0 Å². The van der Waals surface area contributed by atoms with E-state index in [-0.39, 0.29) is 12.5 Å². The van der Waals surface area contributed by atoms with E-state index < -0.39 is 0 Å². The second-order valence-corrected chi connectivity index (χ2v) is 4.14. The third-order valence-electron chi connectivity index (χ3n) is 2.24. The minimum absolute atomic E-state index is 0.0464. The Morgan fingerprint density at radius 2 is 2.11 bits per heavy atom. The number of carbonyl (C=O) groups excluding carboxylic acids is 1. The number of aromatic nitrogens is 3. The molecule has 0 bridgehead atoms. The number of anilines is 1. The molecular formula is C11H12ClN5O. The largest absolute Gasteiger partial charge is 0.381 e. The number of halogens is 1. The molecular weight excluding hydrogens is 254 g/mol. The number of benzene rings is 1. The summed E-state index contributed by atoms with van der Waals surface area (Å²) in [6.07, 6.45) is 1.40. The molecule has 1 amide bonds. The van der Waals surface area contributed by atoms with Gasteiger partial charge < -0.3 is 11.1 Å². The Bertz CT molecular complexity index is 537. The minimum atomic E-state index is -0.180. The van der Waals surface area contributed by atoms with Crippen molar-refractivity contribution in [3.8, 4) is 0 Å². The molecule has 0 unspecified atom stereocenters. The Morgan fingerprint density at radius 1 is 1.39 bits per heavy atom. The van der Waals surface area contributed by atoms with Crippen LogP contribution >= 0.6 is 11.6 Å². The summed E-state index contributed by atoms with van der Waals surface area (Å²) in [7, 11) is 0. The number of nitrogens with zero attached hydrogens (tertiary/aromatic N) is 3. The van der Waals surface area contributed by atoms with Crippen molar-refractivity contribution in [2.45, 2.75) is 13.1 Å². The molecule has 0 aliphatic heterocycles. The molecule has 1 aromatic carbocycles. The molecule has 0 radical (unpaired) electrons. The zero-order chi connectivity index (χ0) is 13.0. The van der Waals surface area contributed by atoms with Crippen LogP contribution < -0.4 is 11.1 Å². The van der Waals surface area contributed by atoms with E-state index in [4.69, 9.17) is 17.3 Å². The van der Waals surface area contributed by atoms with Gasteiger partial charge in [-0.15, -0.1) is 5.10 Å². The Kier molecular flexibility index (Phi) is 3.78. The zero-order valence-electron chi connectivity index (χ0n) is 9.51. The molecule has 2 aromatic rings. The van der Waals surface area contributed by atoms with E-state index in [1.807, 2.05) is 12.1 Å². The van der Waals surface area contributed by atoms with E-state index in [1.165, 1.54) is 11.0 Å². The Balaban J connectivity index is 1.83. The summed E-state index contributed by atoms with van der Waals surface area (Å²) < 4.78 is 0. The van der Waals surface area contributed by atoms with Crippen LogP contribution in [0.5, 0.6) is 0 Å². The van der Waals surface area contributed by atoms with Gasteiger partial charge in [-0.05, 0) is 17.7 Å². The van der Waals surface area contributed by atoms with Gasteiger partial charge in [-0.1, -0.05) is 23.7 Å². The van der Waals surface area contributed by atoms with Gasteiger partial charge >= 0.3 is 0 Å². The monoisotopic (exact) mass is 265 g/mol. The van der Waals surface area contributed by atoms with E-state index in [0.717, 1.165) is 5.56 Å². The van der Waals surface area contributed by atoms with Gasteiger partial charge in [0.2, 0.25) is 5.91 Å². The SMILES string of the molecule is Nc1cnn(CC(=O)NCc2ccc(Cl)cc2)n1. The van der Waals surface area contributed by atoms with Crippen molar-refractivity contribution in [2.24, 2.45) is 0 Å². The van der Waals surface area contributed by atoms with Gasteiger partial charge in [0, 0.05) is 11.6 Å². The first-order valence-electron chi connectivity index (χ1n) is 5.30. The molecule has 0 saturated carbocycles. The molecule has 0 atom stereocenters. The molecule has 0 saturated heterocycles. The van der Waals surface area contributed by atoms with Crippen molar-refractivity contribution in [3.63, 3.8) is 0 Å². The van der Waals surface area contributed by atoms with Crippen LogP contribution in [0.2, 0.25) is 5.02 Å². The van der Waals surface area contributed by atoms with Crippen molar-refractivity contribution in [1.29, 1.82) is 0 Å². The molecule has 0 aliphatic carbocycles. The average molecular weight is 266 g/mol. The number of hydrogen-bond donors (Lipinski definition) is 2. The second kappa shape index (κ2) is 5.50. The molecule has 2 rings (SSSR count). The van der Waals surface area contributed by atoms with Crippen LogP contribution in [0.25, 0.3) is 0 Å². The third kappa shape index (κ3) is 3.46. The fourth-order valence-electron chi connectivity index (χ4n) is 1.37. The van der Waals surface area contributed by atoms with Gasteiger partial charge in [0.15, 0.2) is 5.82 Å². The van der Waals surface area contributed by atoms with Gasteiger partial charge in [0.1, 0.15) is 6.54 Å². The van der Waals surface area contributed by atoms with Crippen LogP contribution in [0.3, 0.4) is 0 Å². The van der Waals surface area contributed by atoms with E-state index in [9.17, 15) is 4.79 Å². The Morgan fingerprint density at radius 3 is 2.72 bits per heavy atom. The van der Waals surface area contributed by atoms with Crippen molar-refractivity contribution in [3.05, 3.63) is 41.0 Å². The summed E-state index contributed by atoms with van der Waals surface area (Å²) in [5, 5.41) is 11.1. The maximum absolute atomic E-state index is 11.6. The van der Waals surface area contributed by atoms with Crippen molar-refractivity contribution in [1.82, 2.24) is 20.3 Å². The molecule has 0 aliphatic rings. The quantitative estimate of drug-likeness (QED) is 0.857. The molecule has 7 heteroatoms. The number of nitrogens with two attached hydrogens (primary N) is 1. The molecule has 6 nitrogen and oxygen atoms in total. The van der Waals surface area contributed by atoms with Crippen LogP contribution in [0.15, 0.2) is 30.5 Å². The van der Waals surface area contributed by atoms with Gasteiger partial charge in [0.25, 0.3) is 0 Å². The number of nitrogens with one attached hydrogen (secondary N) is 1. The fraction of sp³-hybridized carbons (Fsp3) is 0.182. The van der Waals surface area contributed by atoms with Gasteiger partial charge in [-0.3, -0.25) is 4.79 Å². The van der Waals surface area contributed by atoms with Crippen LogP contribution in [0.1, 0.15) is 5.56 Å². The summed E-state index contributed by atoms with van der Waals surface area (Å²) in [5.74, 6) is 0.112. The fourth-order valence-corrected chi connectivity index (χ4v) is 1.50. The lowest BCUT2D eigenvalue weighted by molar-refractivity contribution is -0.122. The molecule has 1 heterocycles. The van der Waals surface area contributed by atoms with Gasteiger partial charge in [-0.2, -0.15) is 9.90 Å². The van der Waals surface area contributed by atoms with E-state index in [2.05, 4.69) is 15.5 Å². The van der Waals surface area contributed by atoms with E-state index in [1.54, 1.807) is 12.1 Å². The summed E-state index contributed by atoms with van der Waals surface area (Å²) in [4.78, 5) is 12.8. The maximum atomic E-state index is 11.6. The molecule has 0 spiro atoms. The molecule has 0 fully saturated rings. The topological polar surface area (TPSA) is 85.8 Å². The minimum Gasteiger partial charge on any atom is -0.381 e. The van der Waals surface area contributed by atoms with E-state index >= 15 is 0 Å². The van der Waals surface area contributed by atoms with E-state index in [0.29, 0.717) is 17.4 Å². The number of nitrogen functional groups attached to an aromatic ring is 1.